The highest BCUT2D eigenvalue weighted by Gasteiger charge is 2.02. The van der Waals surface area contributed by atoms with Gasteiger partial charge in [0.05, 0.1) is 19.6 Å². The summed E-state index contributed by atoms with van der Waals surface area (Å²) in [7, 11) is 1.59. The maximum absolute atomic E-state index is 12.0. The van der Waals surface area contributed by atoms with E-state index in [1.165, 1.54) is 6.08 Å². The highest BCUT2D eigenvalue weighted by molar-refractivity contribution is 9.10. The number of methoxy groups -OCH3 is 1. The van der Waals surface area contributed by atoms with E-state index in [1.807, 2.05) is 30.3 Å². The van der Waals surface area contributed by atoms with Crippen molar-refractivity contribution in [3.05, 3.63) is 64.1 Å². The minimum atomic E-state index is -0.236. The Morgan fingerprint density at radius 1 is 1.30 bits per heavy atom. The van der Waals surface area contributed by atoms with Crippen molar-refractivity contribution in [1.82, 2.24) is 0 Å². The number of carbonyl (C=O) groups is 1. The van der Waals surface area contributed by atoms with Crippen LogP contribution in [0.3, 0.4) is 0 Å². The van der Waals surface area contributed by atoms with Gasteiger partial charge in [0.25, 0.3) is 0 Å². The summed E-state index contributed by atoms with van der Waals surface area (Å²) >= 11 is 3.39. The smallest absolute Gasteiger partial charge is 0.248 e. The number of nitriles is 1. The third-order valence-corrected chi connectivity index (χ3v) is 3.60. The molecule has 4 nitrogen and oxygen atoms in total. The van der Waals surface area contributed by atoms with E-state index in [4.69, 9.17) is 10.00 Å². The summed E-state index contributed by atoms with van der Waals surface area (Å²) < 4.78 is 6.17. The Labute approximate surface area is 143 Å². The van der Waals surface area contributed by atoms with Gasteiger partial charge in [0.1, 0.15) is 5.75 Å². The number of halogens is 1. The van der Waals surface area contributed by atoms with Crippen LogP contribution in [0, 0.1) is 11.3 Å². The van der Waals surface area contributed by atoms with Crippen molar-refractivity contribution in [2.24, 2.45) is 0 Å². The van der Waals surface area contributed by atoms with Gasteiger partial charge in [0.2, 0.25) is 5.91 Å². The Kier molecular flexibility index (Phi) is 5.95. The van der Waals surface area contributed by atoms with E-state index < -0.39 is 0 Å². The molecule has 0 saturated carbocycles. The summed E-state index contributed by atoms with van der Waals surface area (Å²) in [6.07, 6.45) is 3.51. The monoisotopic (exact) mass is 370 g/mol. The molecular weight excluding hydrogens is 356 g/mol. The Hall–Kier alpha value is -2.58. The first-order valence-electron chi connectivity index (χ1n) is 6.91. The maximum atomic E-state index is 12.0. The molecular formula is C18H15BrN2O2. The Balaban J connectivity index is 2.04. The van der Waals surface area contributed by atoms with Gasteiger partial charge in [0.15, 0.2) is 0 Å². The quantitative estimate of drug-likeness (QED) is 0.803. The second-order valence-corrected chi connectivity index (χ2v) is 5.66. The van der Waals surface area contributed by atoms with E-state index >= 15 is 0 Å². The summed E-state index contributed by atoms with van der Waals surface area (Å²) in [4.78, 5) is 12.0. The summed E-state index contributed by atoms with van der Waals surface area (Å²) in [5, 5.41) is 11.4. The minimum Gasteiger partial charge on any atom is -0.496 e. The number of anilines is 1. The molecule has 2 aromatic rings. The van der Waals surface area contributed by atoms with Gasteiger partial charge < -0.3 is 10.1 Å². The highest BCUT2D eigenvalue weighted by atomic mass is 79.9. The van der Waals surface area contributed by atoms with Crippen LogP contribution in [0.1, 0.15) is 11.1 Å². The number of nitrogens with one attached hydrogen (secondary N) is 1. The second kappa shape index (κ2) is 8.16. The van der Waals surface area contributed by atoms with Crippen LogP contribution in [0.2, 0.25) is 0 Å². The van der Waals surface area contributed by atoms with Gasteiger partial charge in [-0.05, 0) is 42.0 Å². The molecule has 0 bridgehead atoms. The summed E-state index contributed by atoms with van der Waals surface area (Å²) in [5.41, 5.74) is 2.41. The molecule has 0 saturated heterocycles. The topological polar surface area (TPSA) is 62.1 Å². The number of nitrogens with zero attached hydrogens (tertiary/aromatic N) is 1. The summed E-state index contributed by atoms with van der Waals surface area (Å²) in [6.45, 7) is 0. The van der Waals surface area contributed by atoms with Crippen molar-refractivity contribution in [3.8, 4) is 11.8 Å². The zero-order valence-electron chi connectivity index (χ0n) is 12.5. The number of carbonyl (C=O) groups excluding carboxylic acids is 1. The lowest BCUT2D eigenvalue weighted by molar-refractivity contribution is -0.111. The Bertz CT molecular complexity index is 762. The lowest BCUT2D eigenvalue weighted by atomic mass is 10.1. The zero-order valence-corrected chi connectivity index (χ0v) is 14.1. The van der Waals surface area contributed by atoms with Gasteiger partial charge in [-0.2, -0.15) is 5.26 Å². The van der Waals surface area contributed by atoms with Crippen molar-refractivity contribution in [3.63, 3.8) is 0 Å². The van der Waals surface area contributed by atoms with Gasteiger partial charge in [-0.25, -0.2) is 0 Å². The van der Waals surface area contributed by atoms with Crippen molar-refractivity contribution in [1.29, 1.82) is 5.26 Å². The Morgan fingerprint density at radius 2 is 2.04 bits per heavy atom. The number of benzene rings is 2. The van der Waals surface area contributed by atoms with Crippen molar-refractivity contribution in [2.45, 2.75) is 6.42 Å². The third kappa shape index (κ3) is 4.97. The average Bonchev–Trinajstić information content (AvgIpc) is 2.55. The molecule has 0 heterocycles. The molecule has 2 rings (SSSR count). The molecule has 0 aliphatic carbocycles. The van der Waals surface area contributed by atoms with Crippen LogP contribution in [-0.4, -0.2) is 13.0 Å². The largest absolute Gasteiger partial charge is 0.496 e. The van der Waals surface area contributed by atoms with Gasteiger partial charge in [-0.15, -0.1) is 0 Å². The molecule has 2 aromatic carbocycles. The molecule has 1 amide bonds. The average molecular weight is 371 g/mol. The Morgan fingerprint density at radius 3 is 2.70 bits per heavy atom. The van der Waals surface area contributed by atoms with Crippen LogP contribution in [-0.2, 0) is 11.2 Å². The molecule has 0 spiro atoms. The van der Waals surface area contributed by atoms with Crippen LogP contribution in [0.4, 0.5) is 5.69 Å². The number of hydrogen-bond acceptors (Lipinski definition) is 3. The van der Waals surface area contributed by atoms with Crippen LogP contribution in [0.25, 0.3) is 6.08 Å². The molecule has 116 valence electrons. The van der Waals surface area contributed by atoms with Crippen LogP contribution in [0.5, 0.6) is 5.75 Å². The van der Waals surface area contributed by atoms with E-state index in [0.29, 0.717) is 17.9 Å². The van der Waals surface area contributed by atoms with Crippen LogP contribution in [0.15, 0.2) is 53.0 Å². The van der Waals surface area contributed by atoms with E-state index in [1.54, 1.807) is 25.3 Å². The first kappa shape index (κ1) is 16.8. The zero-order chi connectivity index (χ0) is 16.7. The highest BCUT2D eigenvalue weighted by Crippen LogP contribution is 2.24. The second-order valence-electron chi connectivity index (χ2n) is 4.74. The van der Waals surface area contributed by atoms with E-state index in [-0.39, 0.29) is 5.91 Å². The fourth-order valence-corrected chi connectivity index (χ4v) is 2.36. The fraction of sp³-hybridized carbons (Fsp3) is 0.111. The predicted molar refractivity (Wildman–Crippen MR) is 94.1 cm³/mol. The van der Waals surface area contributed by atoms with E-state index in [9.17, 15) is 4.79 Å². The molecule has 0 aromatic heterocycles. The van der Waals surface area contributed by atoms with E-state index in [0.717, 1.165) is 15.6 Å². The minimum absolute atomic E-state index is 0.236. The third-order valence-electron chi connectivity index (χ3n) is 3.11. The lowest BCUT2D eigenvalue weighted by Gasteiger charge is -2.05. The summed E-state index contributed by atoms with van der Waals surface area (Å²) in [5.74, 6) is 0.457. The number of rotatable bonds is 5. The molecule has 0 radical (unpaired) electrons. The van der Waals surface area contributed by atoms with E-state index in [2.05, 4.69) is 27.3 Å². The molecule has 5 heteroatoms. The lowest BCUT2D eigenvalue weighted by Crippen LogP contribution is -2.07. The van der Waals surface area contributed by atoms with Gasteiger partial charge in [-0.1, -0.05) is 28.1 Å². The van der Waals surface area contributed by atoms with Gasteiger partial charge >= 0.3 is 0 Å². The van der Waals surface area contributed by atoms with Crippen molar-refractivity contribution in [2.75, 3.05) is 12.4 Å². The number of amides is 1. The SMILES string of the molecule is COc1ccc(Br)cc1/C=C/C(=O)Nc1ccc(CC#N)cc1. The normalized spacial score (nSPS) is 10.3. The van der Waals surface area contributed by atoms with Crippen LogP contribution < -0.4 is 10.1 Å². The maximum Gasteiger partial charge on any atom is 0.248 e. The fourth-order valence-electron chi connectivity index (χ4n) is 1.98. The molecule has 0 aliphatic rings. The number of ether oxygens (including phenoxy) is 1. The predicted octanol–water partition coefficient (Wildman–Crippen LogP) is 4.18. The molecule has 0 aliphatic heterocycles. The molecule has 1 N–H and O–H groups in total. The first-order chi connectivity index (χ1) is 11.1. The standard InChI is InChI=1S/C18H15BrN2O2/c1-23-17-8-5-15(19)12-14(17)4-9-18(22)21-16-6-2-13(3-7-16)10-11-20/h2-9,12H,10H2,1H3,(H,21,22)/b9-4+. The first-order valence-corrected chi connectivity index (χ1v) is 7.70. The molecule has 0 atom stereocenters. The molecule has 23 heavy (non-hydrogen) atoms. The molecule has 0 fully saturated rings. The van der Waals surface area contributed by atoms with Crippen LogP contribution >= 0.6 is 15.9 Å². The summed E-state index contributed by atoms with van der Waals surface area (Å²) in [6, 6.07) is 14.9. The number of hydrogen-bond donors (Lipinski definition) is 1. The van der Waals surface area contributed by atoms with Gasteiger partial charge in [-0.3, -0.25) is 4.79 Å². The van der Waals surface area contributed by atoms with Gasteiger partial charge in [0, 0.05) is 21.8 Å². The van der Waals surface area contributed by atoms with Crippen molar-refractivity contribution >= 4 is 33.6 Å². The van der Waals surface area contributed by atoms with Crippen molar-refractivity contribution < 1.29 is 9.53 Å². The molecule has 0 unspecified atom stereocenters.